The van der Waals surface area contributed by atoms with Crippen LogP contribution in [0.5, 0.6) is 0 Å². The van der Waals surface area contributed by atoms with Crippen molar-refractivity contribution in [2.45, 2.75) is 19.5 Å². The summed E-state index contributed by atoms with van der Waals surface area (Å²) in [4.78, 5) is 46.4. The van der Waals surface area contributed by atoms with Gasteiger partial charge in [-0.25, -0.2) is 9.67 Å². The lowest BCUT2D eigenvalue weighted by Gasteiger charge is -2.34. The predicted octanol–water partition coefficient (Wildman–Crippen LogP) is 2.03. The molecule has 164 valence electrons. The fraction of sp³-hybridized carbons (Fsp3) is 0.304. The lowest BCUT2D eigenvalue weighted by Crippen LogP contribution is -2.48. The minimum Gasteiger partial charge on any atom is -0.340 e. The largest absolute Gasteiger partial charge is 0.340 e. The molecule has 0 radical (unpaired) electrons. The van der Waals surface area contributed by atoms with E-state index in [9.17, 15) is 14.4 Å². The van der Waals surface area contributed by atoms with Crippen LogP contribution in [0.3, 0.4) is 0 Å². The molecule has 1 aliphatic heterocycles. The zero-order valence-corrected chi connectivity index (χ0v) is 18.3. The summed E-state index contributed by atoms with van der Waals surface area (Å²) in [5.41, 5.74) is 0.424. The summed E-state index contributed by atoms with van der Waals surface area (Å²) >= 11 is 1.71. The molecule has 8 nitrogen and oxygen atoms in total. The van der Waals surface area contributed by atoms with Crippen molar-refractivity contribution in [1.29, 1.82) is 0 Å². The van der Waals surface area contributed by atoms with Crippen LogP contribution in [0.2, 0.25) is 0 Å². The molecule has 5 rings (SSSR count). The number of amides is 1. The Bertz CT molecular complexity index is 1370. The SMILES string of the molecule is O=C(CCn1[nH]c(=O)c2ccccc2c1=O)N1CCN(Cc2nc3ccccc3s2)CC1. The van der Waals surface area contributed by atoms with Crippen molar-refractivity contribution < 1.29 is 4.79 Å². The lowest BCUT2D eigenvalue weighted by molar-refractivity contribution is -0.133. The number of hydrogen-bond donors (Lipinski definition) is 1. The molecule has 1 N–H and O–H groups in total. The van der Waals surface area contributed by atoms with E-state index in [2.05, 4.69) is 16.1 Å². The van der Waals surface area contributed by atoms with Crippen molar-refractivity contribution in [1.82, 2.24) is 24.6 Å². The highest BCUT2D eigenvalue weighted by Gasteiger charge is 2.22. The zero-order valence-electron chi connectivity index (χ0n) is 17.5. The van der Waals surface area contributed by atoms with Gasteiger partial charge in [-0.15, -0.1) is 11.3 Å². The number of piperazine rings is 1. The Kier molecular flexibility index (Phi) is 5.59. The van der Waals surface area contributed by atoms with Gasteiger partial charge < -0.3 is 4.90 Å². The number of carbonyl (C=O) groups is 1. The Morgan fingerprint density at radius 3 is 2.47 bits per heavy atom. The van der Waals surface area contributed by atoms with E-state index >= 15 is 0 Å². The number of H-pyrrole nitrogens is 1. The first-order valence-electron chi connectivity index (χ1n) is 10.6. The molecule has 0 unspecified atom stereocenters. The maximum atomic E-state index is 12.7. The van der Waals surface area contributed by atoms with E-state index in [0.29, 0.717) is 23.9 Å². The van der Waals surface area contributed by atoms with Crippen molar-refractivity contribution in [3.63, 3.8) is 0 Å². The number of nitrogens with zero attached hydrogens (tertiary/aromatic N) is 4. The molecule has 1 aliphatic rings. The summed E-state index contributed by atoms with van der Waals surface area (Å²) in [6.45, 7) is 3.81. The summed E-state index contributed by atoms with van der Waals surface area (Å²) in [6, 6.07) is 14.8. The van der Waals surface area contributed by atoms with Crippen LogP contribution in [0.4, 0.5) is 0 Å². The third-order valence-electron chi connectivity index (χ3n) is 5.86. The minimum atomic E-state index is -0.323. The van der Waals surface area contributed by atoms with Crippen LogP contribution in [0.1, 0.15) is 11.4 Å². The summed E-state index contributed by atoms with van der Waals surface area (Å²) < 4.78 is 2.43. The van der Waals surface area contributed by atoms with Crippen molar-refractivity contribution in [2.75, 3.05) is 26.2 Å². The van der Waals surface area contributed by atoms with Crippen molar-refractivity contribution in [3.05, 3.63) is 74.2 Å². The van der Waals surface area contributed by atoms with Crippen LogP contribution in [0.15, 0.2) is 58.1 Å². The average Bonchev–Trinajstić information content (AvgIpc) is 3.23. The summed E-state index contributed by atoms with van der Waals surface area (Å²) in [7, 11) is 0. The number of rotatable bonds is 5. The van der Waals surface area contributed by atoms with E-state index in [4.69, 9.17) is 4.98 Å². The van der Waals surface area contributed by atoms with Gasteiger partial charge in [0.2, 0.25) is 5.91 Å². The van der Waals surface area contributed by atoms with Gasteiger partial charge in [0, 0.05) is 32.6 Å². The average molecular weight is 450 g/mol. The number of aryl methyl sites for hydroxylation is 1. The topological polar surface area (TPSA) is 91.3 Å². The molecule has 9 heteroatoms. The number of hydrogen-bond acceptors (Lipinski definition) is 6. The number of carbonyl (C=O) groups excluding carboxylic acids is 1. The Labute approximate surface area is 187 Å². The number of para-hydroxylation sites is 1. The second kappa shape index (κ2) is 8.68. The maximum Gasteiger partial charge on any atom is 0.273 e. The van der Waals surface area contributed by atoms with Crippen LogP contribution in [0.25, 0.3) is 21.0 Å². The first-order chi connectivity index (χ1) is 15.6. The van der Waals surface area contributed by atoms with E-state index in [1.54, 1.807) is 35.6 Å². The first kappa shape index (κ1) is 20.6. The Morgan fingerprint density at radius 1 is 0.969 bits per heavy atom. The van der Waals surface area contributed by atoms with Crippen LogP contribution in [-0.4, -0.2) is 56.7 Å². The fourth-order valence-corrected chi connectivity index (χ4v) is 5.11. The molecule has 4 aromatic rings. The van der Waals surface area contributed by atoms with Crippen molar-refractivity contribution >= 4 is 38.2 Å². The predicted molar refractivity (Wildman–Crippen MR) is 125 cm³/mol. The number of benzene rings is 2. The van der Waals surface area contributed by atoms with E-state index in [0.717, 1.165) is 30.2 Å². The van der Waals surface area contributed by atoms with E-state index in [1.165, 1.54) is 9.38 Å². The molecule has 0 atom stereocenters. The molecule has 0 bridgehead atoms. The second-order valence-corrected chi connectivity index (χ2v) is 9.04. The summed E-state index contributed by atoms with van der Waals surface area (Å²) in [5.74, 6) is -0.00875. The van der Waals surface area contributed by atoms with E-state index < -0.39 is 0 Å². The number of thiazole rings is 1. The van der Waals surface area contributed by atoms with Gasteiger partial charge in [0.1, 0.15) is 5.01 Å². The molecule has 2 aromatic carbocycles. The van der Waals surface area contributed by atoms with Gasteiger partial charge in [0.05, 0.1) is 34.1 Å². The van der Waals surface area contributed by atoms with Crippen molar-refractivity contribution in [2.24, 2.45) is 0 Å². The zero-order chi connectivity index (χ0) is 22.1. The molecule has 1 amide bonds. The smallest absolute Gasteiger partial charge is 0.273 e. The number of fused-ring (bicyclic) bond motifs is 2. The van der Waals surface area contributed by atoms with Crippen LogP contribution < -0.4 is 11.1 Å². The van der Waals surface area contributed by atoms with Gasteiger partial charge in [-0.2, -0.15) is 0 Å². The molecule has 32 heavy (non-hydrogen) atoms. The van der Waals surface area contributed by atoms with Crippen LogP contribution in [-0.2, 0) is 17.9 Å². The minimum absolute atomic E-state index is 0.00875. The molecule has 1 saturated heterocycles. The quantitative estimate of drug-likeness (QED) is 0.504. The van der Waals surface area contributed by atoms with Crippen LogP contribution in [0, 0.1) is 0 Å². The molecule has 1 fully saturated rings. The van der Waals surface area contributed by atoms with Gasteiger partial charge in [0.25, 0.3) is 11.1 Å². The molecular weight excluding hydrogens is 426 g/mol. The van der Waals surface area contributed by atoms with E-state index in [-0.39, 0.29) is 30.0 Å². The highest BCUT2D eigenvalue weighted by atomic mass is 32.1. The van der Waals surface area contributed by atoms with Gasteiger partial charge in [-0.1, -0.05) is 24.3 Å². The van der Waals surface area contributed by atoms with Crippen molar-refractivity contribution in [3.8, 4) is 0 Å². The molecule has 0 saturated carbocycles. The summed E-state index contributed by atoms with van der Waals surface area (Å²) in [5, 5.41) is 4.41. The molecule has 0 spiro atoms. The number of nitrogens with one attached hydrogen (secondary N) is 1. The number of aromatic amines is 1. The van der Waals surface area contributed by atoms with Gasteiger partial charge in [-0.3, -0.25) is 24.4 Å². The highest BCUT2D eigenvalue weighted by molar-refractivity contribution is 7.18. The van der Waals surface area contributed by atoms with Crippen LogP contribution >= 0.6 is 11.3 Å². The van der Waals surface area contributed by atoms with Gasteiger partial charge >= 0.3 is 0 Å². The highest BCUT2D eigenvalue weighted by Crippen LogP contribution is 2.23. The third-order valence-corrected chi connectivity index (χ3v) is 6.88. The molecule has 2 aromatic heterocycles. The third kappa shape index (κ3) is 4.09. The standard InChI is InChI=1S/C23H23N5O3S/c29-21(9-10-28-23(31)17-6-2-1-5-16(17)22(30)25-28)27-13-11-26(12-14-27)15-20-24-18-7-3-4-8-19(18)32-20/h1-8H,9-15H2,(H,25,30). The molecule has 0 aliphatic carbocycles. The Balaban J connectivity index is 1.17. The number of aromatic nitrogens is 3. The first-order valence-corrected chi connectivity index (χ1v) is 11.5. The lowest BCUT2D eigenvalue weighted by atomic mass is 10.2. The molecule has 3 heterocycles. The van der Waals surface area contributed by atoms with E-state index in [1.807, 2.05) is 23.1 Å². The van der Waals surface area contributed by atoms with Gasteiger partial charge in [0.15, 0.2) is 0 Å². The summed E-state index contributed by atoms with van der Waals surface area (Å²) in [6.07, 6.45) is 0.173. The normalized spacial score (nSPS) is 14.9. The fourth-order valence-electron chi connectivity index (χ4n) is 4.10. The van der Waals surface area contributed by atoms with Gasteiger partial charge in [-0.05, 0) is 24.3 Å². The maximum absolute atomic E-state index is 12.7. The second-order valence-electron chi connectivity index (χ2n) is 7.93. The Hall–Kier alpha value is -3.30. The monoisotopic (exact) mass is 449 g/mol. The molecular formula is C23H23N5O3S. The Morgan fingerprint density at radius 2 is 1.69 bits per heavy atom.